The first-order valence-electron chi connectivity index (χ1n) is 2.72. The summed E-state index contributed by atoms with van der Waals surface area (Å²) in [5.74, 6) is 0. The van der Waals surface area contributed by atoms with Crippen LogP contribution in [0.4, 0.5) is 0 Å². The zero-order valence-electron chi connectivity index (χ0n) is 5.14. The van der Waals surface area contributed by atoms with E-state index in [0.717, 1.165) is 0 Å². The molecule has 5 heteroatoms. The number of thiol groups is 1. The maximum atomic E-state index is 10.5. The average Bonchev–Trinajstić information content (AvgIpc) is 1.88. The van der Waals surface area contributed by atoms with E-state index >= 15 is 0 Å². The summed E-state index contributed by atoms with van der Waals surface area (Å²) in [4.78, 5) is 0.0648. The van der Waals surface area contributed by atoms with Crippen molar-refractivity contribution in [2.45, 2.75) is 4.90 Å². The van der Waals surface area contributed by atoms with E-state index in [0.29, 0.717) is 0 Å². The van der Waals surface area contributed by atoms with Crippen LogP contribution in [0.3, 0.4) is 0 Å². The summed E-state index contributed by atoms with van der Waals surface area (Å²) in [5, 5.41) is 0. The molecule has 0 spiro atoms. The predicted molar refractivity (Wildman–Crippen MR) is 46.7 cm³/mol. The molecule has 2 N–H and O–H groups in total. The quantitative estimate of drug-likeness (QED) is 0.436. The van der Waals surface area contributed by atoms with Gasteiger partial charge in [-0.2, -0.15) is 0 Å². The minimum absolute atomic E-state index is 0. The van der Waals surface area contributed by atoms with Gasteiger partial charge in [-0.25, -0.2) is 4.21 Å². The van der Waals surface area contributed by atoms with E-state index in [4.69, 9.17) is 9.11 Å². The summed E-state index contributed by atoms with van der Waals surface area (Å²) < 4.78 is 27.7. The number of hydrogen-bond donors (Lipinski definition) is 3. The molecule has 1 aromatic carbocycles. The summed E-state index contributed by atoms with van der Waals surface area (Å²) >= 11 is 0. The molecule has 1 aromatic rings. The van der Waals surface area contributed by atoms with Gasteiger partial charge < -0.3 is 9.11 Å². The molecule has 0 saturated heterocycles. The molecule has 0 amide bonds. The molecule has 0 fully saturated rings. The summed E-state index contributed by atoms with van der Waals surface area (Å²) in [6, 6.07) is 7.70. The van der Waals surface area contributed by atoms with Gasteiger partial charge in [0.05, 0.1) is 15.4 Å². The summed E-state index contributed by atoms with van der Waals surface area (Å²) in [6.07, 6.45) is 0. The Balaban J connectivity index is 0.000001000. The third-order valence-electron chi connectivity index (χ3n) is 1.09. The van der Waals surface area contributed by atoms with Crippen molar-refractivity contribution in [3.63, 3.8) is 0 Å². The van der Waals surface area contributed by atoms with Gasteiger partial charge in [0.15, 0.2) is 0 Å². The molecule has 0 unspecified atom stereocenters. The molecule has 0 bridgehead atoms. The van der Waals surface area contributed by atoms with E-state index in [9.17, 15) is 4.21 Å². The Bertz CT molecular complexity index is 256. The molecule has 1 rings (SSSR count). The van der Waals surface area contributed by atoms with E-state index < -0.39 is 10.5 Å². The topological polar surface area (TPSA) is 57.5 Å². The van der Waals surface area contributed by atoms with Crippen LogP contribution < -0.4 is 0 Å². The Morgan fingerprint density at radius 3 is 1.82 bits per heavy atom. The van der Waals surface area contributed by atoms with Crippen molar-refractivity contribution in [2.75, 3.05) is 0 Å². The maximum absolute atomic E-state index is 10.5. The molecular weight excluding hydrogens is 175 g/mol. The van der Waals surface area contributed by atoms with Gasteiger partial charge in [-0.1, -0.05) is 18.2 Å². The molecule has 0 atom stereocenters. The first-order valence-corrected chi connectivity index (χ1v) is 4.33. The van der Waals surface area contributed by atoms with E-state index in [1.165, 1.54) is 12.1 Å². The van der Waals surface area contributed by atoms with Crippen LogP contribution in [0, 0.1) is 0 Å². The van der Waals surface area contributed by atoms with Crippen LogP contribution in [-0.2, 0) is 10.5 Å². The van der Waals surface area contributed by atoms with Gasteiger partial charge >= 0.3 is 29.6 Å². The van der Waals surface area contributed by atoms with Crippen molar-refractivity contribution in [1.29, 1.82) is 0 Å². The van der Waals surface area contributed by atoms with Gasteiger partial charge in [-0.05, 0) is 12.1 Å². The van der Waals surface area contributed by atoms with Crippen LogP contribution in [0.25, 0.3) is 0 Å². The Hall–Kier alpha value is 0.290. The molecule has 0 aromatic heterocycles. The Labute approximate surface area is 88.2 Å². The molecule has 0 aliphatic rings. The van der Waals surface area contributed by atoms with Gasteiger partial charge in [-0.3, -0.25) is 0 Å². The molecule has 0 saturated carbocycles. The average molecular weight is 184 g/mol. The summed E-state index contributed by atoms with van der Waals surface area (Å²) in [5.41, 5.74) is 0. The standard InChI is InChI=1S/C6H8O3S.Na.H/c7-10(8,9)6-4-2-1-3-5-6;;/h1-5,10H,(H2,7,8,9);;. The normalized spacial score (nSPS) is 11.8. The van der Waals surface area contributed by atoms with Gasteiger partial charge in [0.25, 0.3) is 0 Å². The zero-order chi connectivity index (χ0) is 7.61. The summed E-state index contributed by atoms with van der Waals surface area (Å²) in [6.45, 7) is 0. The van der Waals surface area contributed by atoms with Crippen molar-refractivity contribution >= 4 is 40.1 Å². The Kier molecular flexibility index (Phi) is 4.46. The SMILES string of the molecule is O=[SH](O)(O)c1ccccc1.[NaH]. The van der Waals surface area contributed by atoms with Crippen molar-refractivity contribution in [1.82, 2.24) is 0 Å². The fraction of sp³-hybridized carbons (Fsp3) is 0. The van der Waals surface area contributed by atoms with Crippen LogP contribution in [0.2, 0.25) is 0 Å². The van der Waals surface area contributed by atoms with E-state index in [1.807, 2.05) is 0 Å². The van der Waals surface area contributed by atoms with E-state index in [2.05, 4.69) is 0 Å². The molecule has 0 aliphatic heterocycles. The third-order valence-corrected chi connectivity index (χ3v) is 2.06. The number of hydrogen-bond acceptors (Lipinski definition) is 1. The third kappa shape index (κ3) is 3.46. The molecule has 58 valence electrons. The second-order valence-corrected chi connectivity index (χ2v) is 3.48. The molecule has 3 nitrogen and oxygen atoms in total. The van der Waals surface area contributed by atoms with Crippen LogP contribution in [-0.4, -0.2) is 42.9 Å². The Morgan fingerprint density at radius 1 is 1.09 bits per heavy atom. The summed E-state index contributed by atoms with van der Waals surface area (Å²) in [7, 11) is -4.02. The first-order chi connectivity index (χ1) is 4.61. The molecule has 0 radical (unpaired) electrons. The van der Waals surface area contributed by atoms with Crippen LogP contribution in [0.15, 0.2) is 35.2 Å². The van der Waals surface area contributed by atoms with E-state index in [-0.39, 0.29) is 34.5 Å². The van der Waals surface area contributed by atoms with E-state index in [1.54, 1.807) is 18.2 Å². The van der Waals surface area contributed by atoms with Crippen LogP contribution >= 0.6 is 0 Å². The van der Waals surface area contributed by atoms with Crippen molar-refractivity contribution in [3.05, 3.63) is 30.3 Å². The molecular formula is C6H9NaO3S. The van der Waals surface area contributed by atoms with Crippen molar-refractivity contribution in [3.8, 4) is 0 Å². The monoisotopic (exact) mass is 184 g/mol. The predicted octanol–water partition coefficient (Wildman–Crippen LogP) is 0.360. The second-order valence-electron chi connectivity index (χ2n) is 1.88. The second kappa shape index (κ2) is 4.35. The fourth-order valence-corrected chi connectivity index (χ4v) is 1.18. The first kappa shape index (κ1) is 11.3. The van der Waals surface area contributed by atoms with Crippen LogP contribution in [0.1, 0.15) is 0 Å². The fourth-order valence-electron chi connectivity index (χ4n) is 0.622. The molecule has 0 heterocycles. The van der Waals surface area contributed by atoms with Crippen LogP contribution in [0.5, 0.6) is 0 Å². The molecule has 11 heavy (non-hydrogen) atoms. The minimum atomic E-state index is -4.02. The van der Waals surface area contributed by atoms with Gasteiger partial charge in [0, 0.05) is 0 Å². The molecule has 0 aliphatic carbocycles. The van der Waals surface area contributed by atoms with Gasteiger partial charge in [0.1, 0.15) is 0 Å². The number of benzene rings is 1. The van der Waals surface area contributed by atoms with Crippen molar-refractivity contribution < 1.29 is 13.3 Å². The Morgan fingerprint density at radius 2 is 1.55 bits per heavy atom. The van der Waals surface area contributed by atoms with Gasteiger partial charge in [-0.15, -0.1) is 0 Å². The number of rotatable bonds is 1. The van der Waals surface area contributed by atoms with Gasteiger partial charge in [0.2, 0.25) is 0 Å². The zero-order valence-corrected chi connectivity index (χ0v) is 6.03. The van der Waals surface area contributed by atoms with Crippen molar-refractivity contribution in [2.24, 2.45) is 0 Å².